The van der Waals surface area contributed by atoms with Gasteiger partial charge in [0, 0.05) is 35.1 Å². The maximum Gasteiger partial charge on any atom is 0.405 e. The van der Waals surface area contributed by atoms with E-state index in [0.29, 0.717) is 27.8 Å². The van der Waals surface area contributed by atoms with Crippen LogP contribution in [0.3, 0.4) is 0 Å². The molecule has 4 aromatic heterocycles. The third-order valence-corrected chi connectivity index (χ3v) is 3.65. The van der Waals surface area contributed by atoms with Gasteiger partial charge in [-0.2, -0.15) is 22.5 Å². The Morgan fingerprint density at radius 1 is 1.16 bits per heavy atom. The molecule has 0 aliphatic heterocycles. The number of hydrogen-bond acceptors (Lipinski definition) is 4. The monoisotopic (exact) mass is 350 g/mol. The summed E-state index contributed by atoms with van der Waals surface area (Å²) in [7, 11) is 0. The Bertz CT molecular complexity index is 1060. The average molecular weight is 350 g/mol. The number of fused-ring (bicyclic) bond motifs is 2. The minimum atomic E-state index is -4.36. The topological polar surface area (TPSA) is 70.9 Å². The highest BCUT2D eigenvalue weighted by molar-refractivity contribution is 5.93. The summed E-state index contributed by atoms with van der Waals surface area (Å²) < 4.78 is 51.7. The van der Waals surface area contributed by atoms with Gasteiger partial charge in [0.25, 0.3) is 0 Å². The van der Waals surface area contributed by atoms with Crippen LogP contribution in [0.5, 0.6) is 0 Å². The number of hydrogen-bond donors (Lipinski definition) is 2. The molecule has 0 spiro atoms. The third kappa shape index (κ3) is 2.86. The molecule has 2 N–H and O–H groups in total. The highest BCUT2D eigenvalue weighted by Gasteiger charge is 2.27. The number of nitrogens with zero attached hydrogens (tertiary/aromatic N) is 4. The highest BCUT2D eigenvalue weighted by Crippen LogP contribution is 2.28. The minimum absolute atomic E-state index is 0.130. The van der Waals surface area contributed by atoms with Gasteiger partial charge in [-0.3, -0.25) is 4.40 Å². The molecule has 0 aliphatic carbocycles. The zero-order valence-corrected chi connectivity index (χ0v) is 12.5. The lowest BCUT2D eigenvalue weighted by Gasteiger charge is -2.07. The van der Waals surface area contributed by atoms with Gasteiger partial charge >= 0.3 is 6.18 Å². The predicted octanol–water partition coefficient (Wildman–Crippen LogP) is 3.39. The van der Waals surface area contributed by atoms with Crippen LogP contribution < -0.4 is 5.32 Å². The van der Waals surface area contributed by atoms with E-state index in [0.717, 1.165) is 6.20 Å². The van der Waals surface area contributed by atoms with Crippen LogP contribution >= 0.6 is 0 Å². The Balaban J connectivity index is 1.71. The summed E-state index contributed by atoms with van der Waals surface area (Å²) in [5.74, 6) is -0.624. The normalized spacial score (nSPS) is 12.2. The van der Waals surface area contributed by atoms with Crippen LogP contribution in [0.2, 0.25) is 0 Å². The number of imidazole rings is 1. The van der Waals surface area contributed by atoms with Crippen LogP contribution in [0, 0.1) is 5.95 Å². The fraction of sp³-hybridized carbons (Fsp3) is 0.133. The van der Waals surface area contributed by atoms with Crippen molar-refractivity contribution in [2.45, 2.75) is 6.18 Å². The van der Waals surface area contributed by atoms with E-state index in [1.54, 1.807) is 24.5 Å². The second-order valence-corrected chi connectivity index (χ2v) is 5.35. The van der Waals surface area contributed by atoms with Gasteiger partial charge in [-0.05, 0) is 12.1 Å². The standard InChI is InChI=1S/C15H10F4N6/c16-11-5-20-12-2-1-8(6-25(11)12)9-3-21-13-10(9)4-22-14(24-13)23-7-15(17,18)19/h1-6H,7H2,(H2,21,22,23,24). The van der Waals surface area contributed by atoms with E-state index in [-0.39, 0.29) is 5.95 Å². The van der Waals surface area contributed by atoms with Crippen molar-refractivity contribution in [2.24, 2.45) is 0 Å². The lowest BCUT2D eigenvalue weighted by atomic mass is 10.1. The van der Waals surface area contributed by atoms with Gasteiger partial charge in [-0.15, -0.1) is 0 Å². The van der Waals surface area contributed by atoms with Crippen molar-refractivity contribution >= 4 is 22.6 Å². The molecule has 4 rings (SSSR count). The van der Waals surface area contributed by atoms with E-state index in [9.17, 15) is 17.6 Å². The van der Waals surface area contributed by atoms with Gasteiger partial charge in [-0.1, -0.05) is 0 Å². The van der Waals surface area contributed by atoms with E-state index in [2.05, 4.69) is 25.3 Å². The molecule has 0 amide bonds. The van der Waals surface area contributed by atoms with Crippen LogP contribution in [0.4, 0.5) is 23.5 Å². The first-order valence-electron chi connectivity index (χ1n) is 7.18. The van der Waals surface area contributed by atoms with Crippen LogP contribution in [0.1, 0.15) is 0 Å². The fourth-order valence-corrected chi connectivity index (χ4v) is 2.52. The maximum atomic E-state index is 13.7. The molecule has 6 nitrogen and oxygen atoms in total. The van der Waals surface area contributed by atoms with Crippen molar-refractivity contribution in [3.63, 3.8) is 0 Å². The second-order valence-electron chi connectivity index (χ2n) is 5.35. The van der Waals surface area contributed by atoms with Gasteiger partial charge in [0.1, 0.15) is 17.8 Å². The van der Waals surface area contributed by atoms with E-state index < -0.39 is 18.7 Å². The van der Waals surface area contributed by atoms with Gasteiger partial charge in [0.05, 0.1) is 6.20 Å². The number of aromatic nitrogens is 5. The van der Waals surface area contributed by atoms with Crippen molar-refractivity contribution < 1.29 is 17.6 Å². The molecule has 0 aromatic carbocycles. The van der Waals surface area contributed by atoms with Crippen LogP contribution in [-0.2, 0) is 0 Å². The number of halogens is 4. The number of pyridine rings is 1. The largest absolute Gasteiger partial charge is 0.405 e. The molecule has 0 aliphatic rings. The quantitative estimate of drug-likeness (QED) is 0.556. The van der Waals surface area contributed by atoms with Crippen LogP contribution in [0.15, 0.2) is 36.9 Å². The van der Waals surface area contributed by atoms with Crippen molar-refractivity contribution in [1.29, 1.82) is 0 Å². The van der Waals surface area contributed by atoms with Gasteiger partial charge in [0.15, 0.2) is 0 Å². The van der Waals surface area contributed by atoms with Crippen molar-refractivity contribution in [3.8, 4) is 11.1 Å². The van der Waals surface area contributed by atoms with E-state index >= 15 is 0 Å². The van der Waals surface area contributed by atoms with Crippen molar-refractivity contribution in [2.75, 3.05) is 11.9 Å². The predicted molar refractivity (Wildman–Crippen MR) is 82.6 cm³/mol. The summed E-state index contributed by atoms with van der Waals surface area (Å²) >= 11 is 0. The zero-order valence-electron chi connectivity index (χ0n) is 12.5. The van der Waals surface area contributed by atoms with Gasteiger partial charge < -0.3 is 10.3 Å². The highest BCUT2D eigenvalue weighted by atomic mass is 19.4. The van der Waals surface area contributed by atoms with Crippen LogP contribution in [0.25, 0.3) is 27.8 Å². The van der Waals surface area contributed by atoms with Crippen molar-refractivity contribution in [3.05, 3.63) is 42.9 Å². The van der Waals surface area contributed by atoms with Crippen molar-refractivity contribution in [1.82, 2.24) is 24.3 Å². The Labute approximate surface area is 137 Å². The summed E-state index contributed by atoms with van der Waals surface area (Å²) in [4.78, 5) is 14.7. The molecule has 0 fully saturated rings. The van der Waals surface area contributed by atoms with Gasteiger partial charge in [-0.25, -0.2) is 9.97 Å². The summed E-state index contributed by atoms with van der Waals surface area (Å²) in [5, 5.41) is 2.73. The average Bonchev–Trinajstić information content (AvgIpc) is 3.15. The smallest absolute Gasteiger partial charge is 0.345 e. The Morgan fingerprint density at radius 3 is 2.80 bits per heavy atom. The Hall–Kier alpha value is -3.17. The zero-order chi connectivity index (χ0) is 17.6. The molecule has 0 bridgehead atoms. The van der Waals surface area contributed by atoms with E-state index in [4.69, 9.17) is 0 Å². The molecular formula is C15H10F4N6. The van der Waals surface area contributed by atoms with E-state index in [1.165, 1.54) is 10.6 Å². The molecule has 4 aromatic rings. The molecule has 25 heavy (non-hydrogen) atoms. The summed E-state index contributed by atoms with van der Waals surface area (Å²) in [6, 6.07) is 3.43. The molecule has 4 heterocycles. The van der Waals surface area contributed by atoms with Crippen LogP contribution in [-0.4, -0.2) is 37.1 Å². The number of nitrogens with one attached hydrogen (secondary N) is 2. The van der Waals surface area contributed by atoms with E-state index in [1.807, 2.05) is 0 Å². The SMILES string of the molecule is Fc1cnc2ccc(-c3c[nH]c4nc(NCC(F)(F)F)ncc34)cn12. The number of aromatic amines is 1. The first kappa shape index (κ1) is 15.4. The molecule has 128 valence electrons. The number of anilines is 1. The summed E-state index contributed by atoms with van der Waals surface area (Å²) in [6.45, 7) is -1.22. The number of rotatable bonds is 3. The minimum Gasteiger partial charge on any atom is -0.345 e. The molecule has 10 heteroatoms. The molecular weight excluding hydrogens is 340 g/mol. The Kier molecular flexibility index (Phi) is 3.34. The molecule has 0 radical (unpaired) electrons. The number of alkyl halides is 3. The summed E-state index contributed by atoms with van der Waals surface area (Å²) in [5.41, 5.74) is 2.24. The fourth-order valence-electron chi connectivity index (χ4n) is 2.52. The molecule has 0 saturated carbocycles. The lowest BCUT2D eigenvalue weighted by Crippen LogP contribution is -2.22. The second kappa shape index (κ2) is 5.43. The molecule has 0 atom stereocenters. The lowest BCUT2D eigenvalue weighted by molar-refractivity contribution is -0.115. The van der Waals surface area contributed by atoms with Gasteiger partial charge in [0.2, 0.25) is 11.9 Å². The third-order valence-electron chi connectivity index (χ3n) is 3.65. The Morgan fingerprint density at radius 2 is 2.00 bits per heavy atom. The molecule has 0 unspecified atom stereocenters. The maximum absolute atomic E-state index is 13.7. The summed E-state index contributed by atoms with van der Waals surface area (Å²) in [6.07, 6.45) is 1.40. The molecule has 0 saturated heterocycles. The first-order chi connectivity index (χ1) is 11.9. The number of H-pyrrole nitrogens is 1. The first-order valence-corrected chi connectivity index (χ1v) is 7.18.